The summed E-state index contributed by atoms with van der Waals surface area (Å²) in [6, 6.07) is 13.4. The molecular formula is C15H11FN4O. The van der Waals surface area contributed by atoms with E-state index < -0.39 is 0 Å². The number of nitrogens with zero attached hydrogens (tertiary/aromatic N) is 2. The van der Waals surface area contributed by atoms with E-state index in [0.717, 1.165) is 0 Å². The van der Waals surface area contributed by atoms with Gasteiger partial charge in [0.1, 0.15) is 5.82 Å². The Hall–Kier alpha value is -3.02. The Morgan fingerprint density at radius 3 is 2.76 bits per heavy atom. The predicted octanol–water partition coefficient (Wildman–Crippen LogP) is 2.51. The molecule has 0 aliphatic carbocycles. The molecule has 1 heterocycles. The highest BCUT2D eigenvalue weighted by molar-refractivity contribution is 5.80. The van der Waals surface area contributed by atoms with Gasteiger partial charge in [-0.3, -0.25) is 10.2 Å². The molecule has 3 rings (SSSR count). The summed E-state index contributed by atoms with van der Waals surface area (Å²) in [6.07, 6.45) is 1.30. The number of fused-ring (bicyclic) bond motifs is 1. The zero-order chi connectivity index (χ0) is 14.7. The van der Waals surface area contributed by atoms with Gasteiger partial charge in [-0.1, -0.05) is 30.3 Å². The zero-order valence-corrected chi connectivity index (χ0v) is 10.9. The van der Waals surface area contributed by atoms with Crippen LogP contribution >= 0.6 is 0 Å². The summed E-state index contributed by atoms with van der Waals surface area (Å²) in [5, 5.41) is 3.84. The van der Waals surface area contributed by atoms with Gasteiger partial charge >= 0.3 is 0 Å². The number of halogens is 1. The number of hydrazone groups is 1. The van der Waals surface area contributed by atoms with E-state index in [1.54, 1.807) is 30.3 Å². The molecule has 104 valence electrons. The maximum absolute atomic E-state index is 13.4. The van der Waals surface area contributed by atoms with Crippen LogP contribution in [-0.2, 0) is 0 Å². The molecule has 0 aliphatic rings. The van der Waals surface area contributed by atoms with Gasteiger partial charge in [-0.05, 0) is 18.2 Å². The molecule has 2 aromatic carbocycles. The molecule has 5 nitrogen and oxygen atoms in total. The van der Waals surface area contributed by atoms with E-state index in [1.807, 2.05) is 12.1 Å². The number of hydrogen-bond donors (Lipinski definition) is 2. The van der Waals surface area contributed by atoms with Crippen molar-refractivity contribution in [3.8, 4) is 0 Å². The van der Waals surface area contributed by atoms with Crippen LogP contribution < -0.4 is 11.0 Å². The Morgan fingerprint density at radius 1 is 1.14 bits per heavy atom. The quantitative estimate of drug-likeness (QED) is 0.573. The van der Waals surface area contributed by atoms with E-state index in [0.29, 0.717) is 16.6 Å². The van der Waals surface area contributed by atoms with Crippen molar-refractivity contribution in [2.45, 2.75) is 0 Å². The van der Waals surface area contributed by atoms with Gasteiger partial charge in [-0.25, -0.2) is 9.37 Å². The highest BCUT2D eigenvalue weighted by atomic mass is 19.1. The van der Waals surface area contributed by atoms with Crippen molar-refractivity contribution in [3.63, 3.8) is 0 Å². The number of aromatic amines is 1. The first kappa shape index (κ1) is 13.0. The SMILES string of the molecule is O=c1[nH]c2ccccc2nc1N/N=C\c1ccccc1F. The number of aromatic nitrogens is 2. The van der Waals surface area contributed by atoms with Crippen molar-refractivity contribution in [3.05, 3.63) is 70.3 Å². The second-order valence-corrected chi connectivity index (χ2v) is 4.32. The summed E-state index contributed by atoms with van der Waals surface area (Å²) in [5.41, 5.74) is 3.74. The molecule has 2 N–H and O–H groups in total. The number of rotatable bonds is 3. The molecule has 0 aliphatic heterocycles. The molecule has 1 aromatic heterocycles. The van der Waals surface area contributed by atoms with Crippen LogP contribution in [0.4, 0.5) is 10.2 Å². The van der Waals surface area contributed by atoms with E-state index in [1.165, 1.54) is 12.3 Å². The topological polar surface area (TPSA) is 70.1 Å². The normalized spacial score (nSPS) is 11.1. The van der Waals surface area contributed by atoms with E-state index >= 15 is 0 Å². The van der Waals surface area contributed by atoms with Gasteiger partial charge in [-0.15, -0.1) is 0 Å². The highest BCUT2D eigenvalue weighted by Gasteiger charge is 2.03. The van der Waals surface area contributed by atoms with Gasteiger partial charge in [-0.2, -0.15) is 5.10 Å². The van der Waals surface area contributed by atoms with Crippen LogP contribution in [-0.4, -0.2) is 16.2 Å². The standard InChI is InChI=1S/C15H11FN4O/c16-11-6-2-1-5-10(11)9-17-20-14-15(21)19-13-8-4-3-7-12(13)18-14/h1-9H,(H,18,20)(H,19,21)/b17-9-. The van der Waals surface area contributed by atoms with E-state index in [-0.39, 0.29) is 17.2 Å². The second kappa shape index (κ2) is 5.54. The van der Waals surface area contributed by atoms with Gasteiger partial charge in [0.2, 0.25) is 5.82 Å². The predicted molar refractivity (Wildman–Crippen MR) is 80.0 cm³/mol. The highest BCUT2D eigenvalue weighted by Crippen LogP contribution is 2.08. The molecule has 0 saturated carbocycles. The average Bonchev–Trinajstić information content (AvgIpc) is 2.49. The Bertz CT molecular complexity index is 873. The number of nitrogens with one attached hydrogen (secondary N) is 2. The number of hydrogen-bond acceptors (Lipinski definition) is 4. The average molecular weight is 282 g/mol. The monoisotopic (exact) mass is 282 g/mol. The van der Waals surface area contributed by atoms with Gasteiger partial charge in [0.25, 0.3) is 5.56 Å². The molecule has 0 saturated heterocycles. The number of anilines is 1. The van der Waals surface area contributed by atoms with Crippen LogP contribution in [0.1, 0.15) is 5.56 Å². The van der Waals surface area contributed by atoms with Crippen LogP contribution in [0.3, 0.4) is 0 Å². The molecule has 0 fully saturated rings. The third-order valence-corrected chi connectivity index (χ3v) is 2.88. The maximum Gasteiger partial charge on any atom is 0.293 e. The lowest BCUT2D eigenvalue weighted by molar-refractivity contribution is 0.626. The molecule has 0 spiro atoms. The number of benzene rings is 2. The van der Waals surface area contributed by atoms with E-state index in [4.69, 9.17) is 0 Å². The summed E-state index contributed by atoms with van der Waals surface area (Å²) >= 11 is 0. The molecule has 0 unspecified atom stereocenters. The van der Waals surface area contributed by atoms with Crippen molar-refractivity contribution in [2.24, 2.45) is 5.10 Å². The lowest BCUT2D eigenvalue weighted by atomic mass is 10.2. The minimum Gasteiger partial charge on any atom is -0.317 e. The first-order valence-corrected chi connectivity index (χ1v) is 6.27. The summed E-state index contributed by atoms with van der Waals surface area (Å²) in [6.45, 7) is 0. The van der Waals surface area contributed by atoms with Gasteiger partial charge in [0, 0.05) is 5.56 Å². The molecule has 0 atom stereocenters. The van der Waals surface area contributed by atoms with Crippen molar-refractivity contribution >= 4 is 23.1 Å². The van der Waals surface area contributed by atoms with Crippen LogP contribution in [0, 0.1) is 5.82 Å². The van der Waals surface area contributed by atoms with Crippen LogP contribution in [0.15, 0.2) is 58.4 Å². The van der Waals surface area contributed by atoms with Crippen molar-refractivity contribution in [1.29, 1.82) is 0 Å². The summed E-state index contributed by atoms with van der Waals surface area (Å²) in [7, 11) is 0. The van der Waals surface area contributed by atoms with Gasteiger partial charge in [0.15, 0.2) is 0 Å². The smallest absolute Gasteiger partial charge is 0.293 e. The molecule has 0 amide bonds. The molecular weight excluding hydrogens is 271 g/mol. The van der Waals surface area contributed by atoms with E-state index in [9.17, 15) is 9.18 Å². The largest absolute Gasteiger partial charge is 0.317 e. The minimum atomic E-state index is -0.389. The third-order valence-electron chi connectivity index (χ3n) is 2.88. The van der Waals surface area contributed by atoms with Crippen LogP contribution in [0.2, 0.25) is 0 Å². The lowest BCUT2D eigenvalue weighted by Crippen LogP contribution is -2.13. The van der Waals surface area contributed by atoms with Crippen molar-refractivity contribution in [1.82, 2.24) is 9.97 Å². The van der Waals surface area contributed by atoms with Crippen molar-refractivity contribution < 1.29 is 4.39 Å². The van der Waals surface area contributed by atoms with Gasteiger partial charge < -0.3 is 4.98 Å². The minimum absolute atomic E-state index is 0.0567. The van der Waals surface area contributed by atoms with Gasteiger partial charge in [0.05, 0.1) is 17.2 Å². The summed E-state index contributed by atoms with van der Waals surface area (Å²) in [5.74, 6) is -0.329. The van der Waals surface area contributed by atoms with E-state index in [2.05, 4.69) is 20.5 Å². The maximum atomic E-state index is 13.4. The number of H-pyrrole nitrogens is 1. The fourth-order valence-electron chi connectivity index (χ4n) is 1.85. The Morgan fingerprint density at radius 2 is 1.90 bits per heavy atom. The van der Waals surface area contributed by atoms with Crippen LogP contribution in [0.25, 0.3) is 11.0 Å². The molecule has 6 heteroatoms. The third kappa shape index (κ3) is 2.79. The number of para-hydroxylation sites is 2. The molecule has 0 radical (unpaired) electrons. The summed E-state index contributed by atoms with van der Waals surface area (Å²) in [4.78, 5) is 18.7. The molecule has 0 bridgehead atoms. The lowest BCUT2D eigenvalue weighted by Gasteiger charge is -2.01. The van der Waals surface area contributed by atoms with Crippen molar-refractivity contribution in [2.75, 3.05) is 5.43 Å². The first-order valence-electron chi connectivity index (χ1n) is 6.27. The molecule has 3 aromatic rings. The Labute approximate surface area is 119 Å². The Kier molecular flexibility index (Phi) is 3.42. The van der Waals surface area contributed by atoms with Crippen LogP contribution in [0.5, 0.6) is 0 Å². The zero-order valence-electron chi connectivity index (χ0n) is 10.9. The Balaban J connectivity index is 1.87. The fraction of sp³-hybridized carbons (Fsp3) is 0. The first-order chi connectivity index (χ1) is 10.2. The summed E-state index contributed by atoms with van der Waals surface area (Å²) < 4.78 is 13.4. The fourth-order valence-corrected chi connectivity index (χ4v) is 1.85. The second-order valence-electron chi connectivity index (χ2n) is 4.32. The molecule has 21 heavy (non-hydrogen) atoms.